The van der Waals surface area contributed by atoms with Crippen LogP contribution in [0.1, 0.15) is 50.7 Å². The van der Waals surface area contributed by atoms with Gasteiger partial charge in [0.05, 0.1) is 11.7 Å². The molecule has 0 unspecified atom stereocenters. The summed E-state index contributed by atoms with van der Waals surface area (Å²) < 4.78 is 1.40. The highest BCUT2D eigenvalue weighted by Gasteiger charge is 2.18. The molecule has 0 bridgehead atoms. The molecular weight excluding hydrogens is 426 g/mol. The Bertz CT molecular complexity index is 1260. The van der Waals surface area contributed by atoms with Crippen LogP contribution in [0.5, 0.6) is 0 Å². The molecule has 0 saturated carbocycles. The monoisotopic (exact) mass is 451 g/mol. The van der Waals surface area contributed by atoms with Crippen molar-refractivity contribution in [3.05, 3.63) is 68.9 Å². The molecule has 0 saturated heterocycles. The zero-order valence-corrected chi connectivity index (χ0v) is 19.6. The third-order valence-electron chi connectivity index (χ3n) is 5.30. The Balaban J connectivity index is 1.67. The third kappa shape index (κ3) is 4.20. The smallest absolute Gasteiger partial charge is 0.263 e. The van der Waals surface area contributed by atoms with Crippen molar-refractivity contribution in [3.63, 3.8) is 0 Å². The Morgan fingerprint density at radius 2 is 1.77 bits per heavy atom. The molecule has 0 atom stereocenters. The summed E-state index contributed by atoms with van der Waals surface area (Å²) in [5.41, 5.74) is 3.74. The number of carbonyl (C=O) groups is 1. The number of hydrogen-bond donors (Lipinski definition) is 1. The number of amides is 1. The van der Waals surface area contributed by atoms with E-state index in [9.17, 15) is 9.59 Å². The summed E-state index contributed by atoms with van der Waals surface area (Å²) >= 11 is 3.03. The van der Waals surface area contributed by atoms with Crippen LogP contribution < -0.4 is 10.9 Å². The minimum Gasteiger partial charge on any atom is -0.324 e. The molecule has 1 aromatic carbocycles. The first-order valence-corrected chi connectivity index (χ1v) is 12.1. The van der Waals surface area contributed by atoms with Gasteiger partial charge in [-0.1, -0.05) is 52.0 Å². The summed E-state index contributed by atoms with van der Waals surface area (Å²) in [5.74, 6) is 0.314. The van der Waals surface area contributed by atoms with Crippen molar-refractivity contribution in [2.24, 2.45) is 0 Å². The molecular formula is C24H25N3O2S2. The van der Waals surface area contributed by atoms with Gasteiger partial charge in [0.15, 0.2) is 0 Å². The van der Waals surface area contributed by atoms with Crippen LogP contribution in [0.15, 0.2) is 52.2 Å². The summed E-state index contributed by atoms with van der Waals surface area (Å²) in [6.07, 6.45) is 1.47. The molecule has 0 aliphatic rings. The van der Waals surface area contributed by atoms with Crippen LogP contribution in [0.4, 0.5) is 5.69 Å². The van der Waals surface area contributed by atoms with Crippen LogP contribution in [0.2, 0.25) is 0 Å². The van der Waals surface area contributed by atoms with Crippen LogP contribution >= 0.6 is 22.7 Å². The summed E-state index contributed by atoms with van der Waals surface area (Å²) in [7, 11) is 0. The van der Waals surface area contributed by atoms with Crippen LogP contribution in [0, 0.1) is 0 Å². The highest BCUT2D eigenvalue weighted by Crippen LogP contribution is 2.34. The average Bonchev–Trinajstić information content (AvgIpc) is 3.39. The van der Waals surface area contributed by atoms with Gasteiger partial charge in [-0.05, 0) is 34.4 Å². The fourth-order valence-corrected chi connectivity index (χ4v) is 5.44. The van der Waals surface area contributed by atoms with Crippen molar-refractivity contribution < 1.29 is 4.79 Å². The molecule has 0 radical (unpaired) electrons. The van der Waals surface area contributed by atoms with Crippen LogP contribution in [0.25, 0.3) is 20.7 Å². The van der Waals surface area contributed by atoms with Crippen molar-refractivity contribution in [1.82, 2.24) is 9.55 Å². The number of rotatable bonds is 6. The van der Waals surface area contributed by atoms with Crippen molar-refractivity contribution in [2.75, 3.05) is 5.32 Å². The molecule has 5 nitrogen and oxygen atoms in total. The number of thiophene rings is 2. The summed E-state index contributed by atoms with van der Waals surface area (Å²) in [5, 5.41) is 7.60. The number of fused-ring (bicyclic) bond motifs is 1. The first-order chi connectivity index (χ1) is 14.9. The maximum absolute atomic E-state index is 13.2. The molecule has 0 fully saturated rings. The fraction of sp³-hybridized carbons (Fsp3) is 0.292. The van der Waals surface area contributed by atoms with Crippen molar-refractivity contribution in [1.29, 1.82) is 0 Å². The van der Waals surface area contributed by atoms with E-state index in [0.717, 1.165) is 27.3 Å². The molecule has 31 heavy (non-hydrogen) atoms. The molecule has 1 N–H and O–H groups in total. The highest BCUT2D eigenvalue weighted by atomic mass is 32.1. The molecule has 3 aromatic heterocycles. The van der Waals surface area contributed by atoms with Gasteiger partial charge in [0.2, 0.25) is 5.91 Å². The molecule has 0 spiro atoms. The molecule has 7 heteroatoms. The second kappa shape index (κ2) is 8.77. The predicted octanol–water partition coefficient (Wildman–Crippen LogP) is 6.07. The van der Waals surface area contributed by atoms with Gasteiger partial charge in [-0.15, -0.1) is 22.7 Å². The molecule has 160 valence electrons. The van der Waals surface area contributed by atoms with E-state index in [1.54, 1.807) is 11.3 Å². The molecule has 0 aliphatic heterocycles. The second-order valence-corrected chi connectivity index (χ2v) is 9.96. The van der Waals surface area contributed by atoms with Gasteiger partial charge in [0, 0.05) is 21.5 Å². The Hall–Kier alpha value is -2.77. The van der Waals surface area contributed by atoms with E-state index in [2.05, 4.69) is 38.0 Å². The van der Waals surface area contributed by atoms with Gasteiger partial charge >= 0.3 is 0 Å². The van der Waals surface area contributed by atoms with Crippen LogP contribution in [0.3, 0.4) is 0 Å². The van der Waals surface area contributed by atoms with Gasteiger partial charge in [0.1, 0.15) is 11.4 Å². The zero-order valence-electron chi connectivity index (χ0n) is 18.0. The van der Waals surface area contributed by atoms with Gasteiger partial charge in [-0.3, -0.25) is 14.2 Å². The highest BCUT2D eigenvalue weighted by molar-refractivity contribution is 7.18. The SMILES string of the molecule is CC(C)c1cccc(C(C)C)c1NC(=O)Cn1cnc2scc(-c3cccs3)c2c1=O. The molecule has 0 aliphatic carbocycles. The maximum Gasteiger partial charge on any atom is 0.263 e. The van der Waals surface area contributed by atoms with E-state index in [4.69, 9.17) is 0 Å². The van der Waals surface area contributed by atoms with E-state index < -0.39 is 0 Å². The number of para-hydroxylation sites is 1. The topological polar surface area (TPSA) is 64.0 Å². The van der Waals surface area contributed by atoms with E-state index in [1.165, 1.54) is 22.2 Å². The normalized spacial score (nSPS) is 11.5. The minimum absolute atomic E-state index is 0.0779. The Kier molecular flexibility index (Phi) is 6.07. The standard InChI is InChI=1S/C24H25N3O2S2/c1-14(2)16-7-5-8-17(15(3)4)22(16)26-20(28)11-27-13-25-23-21(24(27)29)18(12-31-23)19-9-6-10-30-19/h5-10,12-15H,11H2,1-4H3,(H,26,28). The Labute approximate surface area is 189 Å². The fourth-order valence-electron chi connectivity index (χ4n) is 3.72. The number of carbonyl (C=O) groups excluding carboxylic acids is 1. The van der Waals surface area contributed by atoms with Crippen molar-refractivity contribution in [3.8, 4) is 10.4 Å². The molecule has 4 rings (SSSR count). The summed E-state index contributed by atoms with van der Waals surface area (Å²) in [6.45, 7) is 8.37. The minimum atomic E-state index is -0.230. The lowest BCUT2D eigenvalue weighted by atomic mass is 9.92. The van der Waals surface area contributed by atoms with Gasteiger partial charge in [0.25, 0.3) is 5.56 Å². The quantitative estimate of drug-likeness (QED) is 0.387. The van der Waals surface area contributed by atoms with Crippen LogP contribution in [-0.4, -0.2) is 15.5 Å². The lowest BCUT2D eigenvalue weighted by Gasteiger charge is -2.20. The van der Waals surface area contributed by atoms with E-state index >= 15 is 0 Å². The number of nitrogens with zero attached hydrogens (tertiary/aromatic N) is 2. The van der Waals surface area contributed by atoms with Crippen molar-refractivity contribution in [2.45, 2.75) is 46.1 Å². The Morgan fingerprint density at radius 1 is 1.06 bits per heavy atom. The number of anilines is 1. The van der Waals surface area contributed by atoms with Gasteiger partial charge in [-0.25, -0.2) is 4.98 Å². The zero-order chi connectivity index (χ0) is 22.1. The average molecular weight is 452 g/mol. The van der Waals surface area contributed by atoms with Crippen molar-refractivity contribution >= 4 is 44.5 Å². The first-order valence-electron chi connectivity index (χ1n) is 10.3. The number of aromatic nitrogens is 2. The second-order valence-electron chi connectivity index (χ2n) is 8.15. The third-order valence-corrected chi connectivity index (χ3v) is 7.09. The molecule has 1 amide bonds. The summed E-state index contributed by atoms with van der Waals surface area (Å²) in [6, 6.07) is 10.1. The van der Waals surface area contributed by atoms with E-state index in [-0.39, 0.29) is 29.8 Å². The molecule has 4 aromatic rings. The number of hydrogen-bond acceptors (Lipinski definition) is 5. The van der Waals surface area contributed by atoms with E-state index in [1.807, 2.05) is 41.1 Å². The predicted molar refractivity (Wildman–Crippen MR) is 130 cm³/mol. The lowest BCUT2D eigenvalue weighted by Crippen LogP contribution is -2.28. The Morgan fingerprint density at radius 3 is 2.39 bits per heavy atom. The van der Waals surface area contributed by atoms with Gasteiger partial charge in [-0.2, -0.15) is 0 Å². The first kappa shape index (κ1) is 21.5. The largest absolute Gasteiger partial charge is 0.324 e. The van der Waals surface area contributed by atoms with Crippen LogP contribution in [-0.2, 0) is 11.3 Å². The number of benzene rings is 1. The van der Waals surface area contributed by atoms with E-state index in [0.29, 0.717) is 10.2 Å². The lowest BCUT2D eigenvalue weighted by molar-refractivity contribution is -0.116. The molecule has 3 heterocycles. The number of nitrogens with one attached hydrogen (secondary N) is 1. The summed E-state index contributed by atoms with van der Waals surface area (Å²) in [4.78, 5) is 32.3. The van der Waals surface area contributed by atoms with Gasteiger partial charge < -0.3 is 5.32 Å². The maximum atomic E-state index is 13.2.